The number of aliphatic hydroxyl groups is 1. The zero-order valence-electron chi connectivity index (χ0n) is 14.1. The van der Waals surface area contributed by atoms with Crippen LogP contribution in [0.3, 0.4) is 0 Å². The van der Waals surface area contributed by atoms with Gasteiger partial charge in [0, 0.05) is 30.6 Å². The lowest BCUT2D eigenvalue weighted by molar-refractivity contribution is -0.185. The van der Waals surface area contributed by atoms with Gasteiger partial charge in [-0.2, -0.15) is 0 Å². The Morgan fingerprint density at radius 1 is 1.17 bits per heavy atom. The summed E-state index contributed by atoms with van der Waals surface area (Å²) in [5.41, 5.74) is -0.767. The number of Topliss-reactive ketones (excluding diaryl/α,β-unsaturated/α-hetero) is 2. The molecule has 0 radical (unpaired) electrons. The van der Waals surface area contributed by atoms with Crippen LogP contribution in [0.5, 0.6) is 0 Å². The molecule has 4 aliphatic rings. The summed E-state index contributed by atoms with van der Waals surface area (Å²) in [6.45, 7) is 4.08. The first-order valence-electron chi connectivity index (χ1n) is 9.14. The quantitative estimate of drug-likeness (QED) is 0.745. The average Bonchev–Trinajstić information content (AvgIpc) is 2.76. The molecule has 0 saturated heterocycles. The van der Waals surface area contributed by atoms with Crippen LogP contribution in [-0.4, -0.2) is 28.9 Å². The smallest absolute Gasteiger partial charge is 0.139 e. The van der Waals surface area contributed by atoms with Crippen LogP contribution in [0.4, 0.5) is 4.39 Å². The van der Waals surface area contributed by atoms with Crippen LogP contribution >= 0.6 is 0 Å². The van der Waals surface area contributed by atoms with Crippen LogP contribution in [-0.2, 0) is 9.59 Å². The van der Waals surface area contributed by atoms with Crippen molar-refractivity contribution in [2.45, 2.75) is 71.1 Å². The molecule has 3 nitrogen and oxygen atoms in total. The van der Waals surface area contributed by atoms with Gasteiger partial charge in [-0.25, -0.2) is 4.39 Å². The van der Waals surface area contributed by atoms with Gasteiger partial charge in [-0.1, -0.05) is 13.8 Å². The van der Waals surface area contributed by atoms with E-state index in [4.69, 9.17) is 0 Å². The number of fused-ring (bicyclic) bond motifs is 5. The van der Waals surface area contributed by atoms with Crippen molar-refractivity contribution >= 4 is 11.6 Å². The summed E-state index contributed by atoms with van der Waals surface area (Å²) in [5, 5.41) is 10.9. The second-order valence-electron chi connectivity index (χ2n) is 9.05. The first kappa shape index (κ1) is 15.7. The molecule has 0 aliphatic heterocycles. The number of carbonyl (C=O) groups excluding carboxylic acids is 2. The van der Waals surface area contributed by atoms with Crippen molar-refractivity contribution in [1.82, 2.24) is 0 Å². The fraction of sp³-hybridized carbons (Fsp3) is 0.895. The fourth-order valence-corrected chi connectivity index (χ4v) is 6.94. The van der Waals surface area contributed by atoms with Gasteiger partial charge < -0.3 is 5.11 Å². The molecule has 4 rings (SSSR count). The first-order valence-corrected chi connectivity index (χ1v) is 9.14. The number of rotatable bonds is 0. The van der Waals surface area contributed by atoms with E-state index in [1.807, 2.05) is 6.92 Å². The van der Waals surface area contributed by atoms with Crippen LogP contribution in [0.1, 0.15) is 58.8 Å². The molecule has 0 aromatic heterocycles. The minimum atomic E-state index is -0.976. The number of halogens is 1. The molecule has 128 valence electrons. The summed E-state index contributed by atoms with van der Waals surface area (Å²) in [7, 11) is 0. The van der Waals surface area contributed by atoms with E-state index in [1.54, 1.807) is 0 Å². The first-order chi connectivity index (χ1) is 10.8. The predicted molar refractivity (Wildman–Crippen MR) is 83.4 cm³/mol. The molecule has 4 heteroatoms. The molecule has 1 N–H and O–H groups in total. The monoisotopic (exact) mass is 322 g/mol. The van der Waals surface area contributed by atoms with Crippen molar-refractivity contribution in [3.05, 3.63) is 0 Å². The van der Waals surface area contributed by atoms with Crippen molar-refractivity contribution in [2.24, 2.45) is 34.5 Å². The molecular formula is C19H27FO3. The van der Waals surface area contributed by atoms with E-state index >= 15 is 0 Å². The molecule has 4 fully saturated rings. The standard InChI is InChI=1S/C19H27FO3/c1-18-6-5-10(21)7-13(18)14(20)8-11-12-3-4-16(23)19(12,2)9-15(22)17(11)18/h11-15,17,22H,3-9H2,1-2H3/t11-,12-,13+,14-,15-,17+,18-,19-/m0/s1. The Morgan fingerprint density at radius 2 is 1.91 bits per heavy atom. The van der Waals surface area contributed by atoms with Crippen molar-refractivity contribution in [2.75, 3.05) is 0 Å². The molecule has 23 heavy (non-hydrogen) atoms. The highest BCUT2D eigenvalue weighted by Gasteiger charge is 2.65. The second-order valence-corrected chi connectivity index (χ2v) is 9.05. The highest BCUT2D eigenvalue weighted by Crippen LogP contribution is 2.65. The van der Waals surface area contributed by atoms with E-state index in [9.17, 15) is 19.1 Å². The van der Waals surface area contributed by atoms with Gasteiger partial charge in [0.25, 0.3) is 0 Å². The second kappa shape index (κ2) is 4.87. The molecule has 4 saturated carbocycles. The van der Waals surface area contributed by atoms with E-state index < -0.39 is 17.7 Å². The lowest BCUT2D eigenvalue weighted by Crippen LogP contribution is -2.61. The number of hydrogen-bond donors (Lipinski definition) is 1. The van der Waals surface area contributed by atoms with E-state index in [1.165, 1.54) is 0 Å². The Morgan fingerprint density at radius 3 is 2.65 bits per heavy atom. The number of aliphatic hydroxyl groups excluding tert-OH is 1. The number of carbonyl (C=O) groups is 2. The predicted octanol–water partition coefficient (Wildman–Crippen LogP) is 3.09. The number of ketones is 2. The molecule has 0 amide bonds. The number of alkyl halides is 1. The Balaban J connectivity index is 1.74. The van der Waals surface area contributed by atoms with Crippen LogP contribution in [0.25, 0.3) is 0 Å². The molecule has 0 unspecified atom stereocenters. The van der Waals surface area contributed by atoms with Gasteiger partial charge in [0.2, 0.25) is 0 Å². The van der Waals surface area contributed by atoms with Crippen molar-refractivity contribution in [3.8, 4) is 0 Å². The molecule has 4 aliphatic carbocycles. The molecule has 0 bridgehead atoms. The zero-order valence-corrected chi connectivity index (χ0v) is 14.1. The topological polar surface area (TPSA) is 54.4 Å². The van der Waals surface area contributed by atoms with Gasteiger partial charge in [-0.3, -0.25) is 9.59 Å². The van der Waals surface area contributed by atoms with Crippen LogP contribution in [0.15, 0.2) is 0 Å². The third-order valence-corrected chi connectivity index (χ3v) is 8.10. The molecule has 8 atom stereocenters. The Kier molecular flexibility index (Phi) is 3.33. The minimum Gasteiger partial charge on any atom is -0.393 e. The molecule has 0 heterocycles. The Hall–Kier alpha value is -0.770. The van der Waals surface area contributed by atoms with E-state index in [0.717, 1.165) is 6.42 Å². The minimum absolute atomic E-state index is 0.0385. The maximum Gasteiger partial charge on any atom is 0.139 e. The van der Waals surface area contributed by atoms with Crippen molar-refractivity contribution in [3.63, 3.8) is 0 Å². The van der Waals surface area contributed by atoms with E-state index in [-0.39, 0.29) is 40.7 Å². The van der Waals surface area contributed by atoms with Crippen molar-refractivity contribution < 1.29 is 19.1 Å². The third kappa shape index (κ3) is 1.96. The lowest BCUT2D eigenvalue weighted by Gasteiger charge is -2.61. The molecular weight excluding hydrogens is 295 g/mol. The van der Waals surface area contributed by atoms with Gasteiger partial charge >= 0.3 is 0 Å². The molecule has 0 spiro atoms. The highest BCUT2D eigenvalue weighted by molar-refractivity contribution is 5.87. The summed E-state index contributed by atoms with van der Waals surface area (Å²) in [5.74, 6) is 0.496. The van der Waals surface area contributed by atoms with Gasteiger partial charge in [0.05, 0.1) is 6.10 Å². The Labute approximate surface area is 137 Å². The summed E-state index contributed by atoms with van der Waals surface area (Å²) < 4.78 is 15.0. The van der Waals surface area contributed by atoms with Gasteiger partial charge in [-0.15, -0.1) is 0 Å². The third-order valence-electron chi connectivity index (χ3n) is 8.10. The van der Waals surface area contributed by atoms with E-state index in [0.29, 0.717) is 38.5 Å². The summed E-state index contributed by atoms with van der Waals surface area (Å²) in [6.07, 6.45) is 2.36. The molecule has 0 aromatic rings. The molecule has 0 aromatic carbocycles. The normalized spacial score (nSPS) is 56.0. The fourth-order valence-electron chi connectivity index (χ4n) is 6.94. The van der Waals surface area contributed by atoms with Gasteiger partial charge in [0.1, 0.15) is 17.7 Å². The lowest BCUT2D eigenvalue weighted by atomic mass is 9.44. The van der Waals surface area contributed by atoms with Crippen LogP contribution in [0.2, 0.25) is 0 Å². The summed E-state index contributed by atoms with van der Waals surface area (Å²) in [6, 6.07) is 0. The van der Waals surface area contributed by atoms with Crippen LogP contribution in [0, 0.1) is 34.5 Å². The van der Waals surface area contributed by atoms with Gasteiger partial charge in [0.15, 0.2) is 0 Å². The van der Waals surface area contributed by atoms with Crippen LogP contribution < -0.4 is 0 Å². The highest BCUT2D eigenvalue weighted by atomic mass is 19.1. The largest absolute Gasteiger partial charge is 0.393 e. The van der Waals surface area contributed by atoms with Gasteiger partial charge in [-0.05, 0) is 48.9 Å². The SMILES string of the molecule is C[C@]12CCC(=O)C[C@@H]1[C@@H](F)C[C@@H]1[C@@H]2[C@@H](O)C[C@]2(C)C(=O)CC[C@@H]12. The van der Waals surface area contributed by atoms with Crippen molar-refractivity contribution in [1.29, 1.82) is 0 Å². The maximum atomic E-state index is 15.0. The summed E-state index contributed by atoms with van der Waals surface area (Å²) >= 11 is 0. The van der Waals surface area contributed by atoms with E-state index in [2.05, 4.69) is 6.92 Å². The zero-order chi connectivity index (χ0) is 16.6. The number of hydrogen-bond acceptors (Lipinski definition) is 3. The summed E-state index contributed by atoms with van der Waals surface area (Å²) in [4.78, 5) is 24.2. The average molecular weight is 322 g/mol. The maximum absolute atomic E-state index is 15.0. The Bertz CT molecular complexity index is 561.